The van der Waals surface area contributed by atoms with Gasteiger partial charge in [-0.15, -0.1) is 0 Å². The first kappa shape index (κ1) is 14.7. The lowest BCUT2D eigenvalue weighted by Crippen LogP contribution is -2.37. The van der Waals surface area contributed by atoms with E-state index < -0.39 is 18.1 Å². The van der Waals surface area contributed by atoms with Crippen LogP contribution in [0, 0.1) is 5.82 Å². The van der Waals surface area contributed by atoms with E-state index in [9.17, 15) is 14.3 Å². The predicted molar refractivity (Wildman–Crippen MR) is 70.1 cm³/mol. The summed E-state index contributed by atoms with van der Waals surface area (Å²) in [7, 11) is 0. The van der Waals surface area contributed by atoms with Crippen molar-refractivity contribution >= 4 is 5.97 Å². The zero-order chi connectivity index (χ0) is 14.5. The summed E-state index contributed by atoms with van der Waals surface area (Å²) in [5.74, 6) is -0.628. The largest absolute Gasteiger partial charge is 0.494 e. The molecule has 1 aromatic carbocycles. The number of hydrogen-bond acceptors (Lipinski definition) is 4. The topological polar surface area (TPSA) is 70.0 Å². The van der Waals surface area contributed by atoms with Crippen molar-refractivity contribution in [1.29, 1.82) is 0 Å². The minimum atomic E-state index is -0.902. The summed E-state index contributed by atoms with van der Waals surface area (Å²) in [5.41, 5.74) is 0. The average molecular weight is 283 g/mol. The van der Waals surface area contributed by atoms with E-state index in [2.05, 4.69) is 0 Å². The van der Waals surface area contributed by atoms with Gasteiger partial charge < -0.3 is 14.9 Å². The van der Waals surface area contributed by atoms with Gasteiger partial charge in [0.15, 0.2) is 0 Å². The van der Waals surface area contributed by atoms with Gasteiger partial charge in [-0.05, 0) is 30.7 Å². The molecule has 1 aliphatic heterocycles. The lowest BCUT2D eigenvalue weighted by atomic mass is 10.2. The summed E-state index contributed by atoms with van der Waals surface area (Å²) in [6.07, 6.45) is 0.344. The van der Waals surface area contributed by atoms with Crippen molar-refractivity contribution in [3.63, 3.8) is 0 Å². The van der Waals surface area contributed by atoms with Gasteiger partial charge in [0.1, 0.15) is 17.6 Å². The Hall–Kier alpha value is -1.66. The van der Waals surface area contributed by atoms with Crippen molar-refractivity contribution in [3.05, 3.63) is 30.1 Å². The van der Waals surface area contributed by atoms with Crippen molar-refractivity contribution in [2.75, 3.05) is 19.7 Å². The van der Waals surface area contributed by atoms with E-state index >= 15 is 0 Å². The molecule has 0 aliphatic carbocycles. The van der Waals surface area contributed by atoms with Gasteiger partial charge in [-0.1, -0.05) is 0 Å². The highest BCUT2D eigenvalue weighted by Crippen LogP contribution is 2.18. The van der Waals surface area contributed by atoms with Crippen molar-refractivity contribution in [2.24, 2.45) is 0 Å². The Balaban J connectivity index is 1.72. The quantitative estimate of drug-likeness (QED) is 0.765. The Bertz CT molecular complexity index is 451. The maximum Gasteiger partial charge on any atom is 0.321 e. The van der Waals surface area contributed by atoms with Gasteiger partial charge in [0.05, 0.1) is 12.7 Å². The second-order valence-electron chi connectivity index (χ2n) is 4.89. The van der Waals surface area contributed by atoms with Crippen LogP contribution in [0.15, 0.2) is 24.3 Å². The smallest absolute Gasteiger partial charge is 0.321 e. The summed E-state index contributed by atoms with van der Waals surface area (Å²) in [5, 5.41) is 18.6. The molecule has 20 heavy (non-hydrogen) atoms. The number of aliphatic hydroxyl groups excluding tert-OH is 1. The number of rotatable bonds is 6. The number of carboxylic acid groups (broad SMARTS) is 1. The zero-order valence-corrected chi connectivity index (χ0v) is 11.0. The lowest BCUT2D eigenvalue weighted by molar-refractivity contribution is -0.142. The van der Waals surface area contributed by atoms with Crippen LogP contribution in [0.5, 0.6) is 5.75 Å². The Labute approximate surface area is 116 Å². The molecule has 2 atom stereocenters. The third-order valence-corrected chi connectivity index (χ3v) is 3.34. The molecule has 1 aromatic rings. The molecule has 1 heterocycles. The van der Waals surface area contributed by atoms with Gasteiger partial charge in [0.2, 0.25) is 0 Å². The van der Waals surface area contributed by atoms with Crippen LogP contribution in [0.2, 0.25) is 0 Å². The number of β-amino-alcohol motifs (C(OH)–C–C–N with tert-alkyl or cyclic N) is 1. The fraction of sp³-hybridized carbons (Fsp3) is 0.500. The van der Waals surface area contributed by atoms with Crippen LogP contribution in [0.4, 0.5) is 4.39 Å². The first-order valence-electron chi connectivity index (χ1n) is 6.59. The van der Waals surface area contributed by atoms with Crippen LogP contribution < -0.4 is 4.74 Å². The normalized spacial score (nSPS) is 22.9. The lowest BCUT2D eigenvalue weighted by Gasteiger charge is -2.20. The molecule has 6 heteroatoms. The third kappa shape index (κ3) is 3.91. The first-order valence-corrected chi connectivity index (χ1v) is 6.59. The summed E-state index contributed by atoms with van der Waals surface area (Å²) in [6.45, 7) is 1.35. The molecule has 2 N–H and O–H groups in total. The van der Waals surface area contributed by atoms with E-state index in [0.29, 0.717) is 31.9 Å². The molecular weight excluding hydrogens is 265 g/mol. The SMILES string of the molecule is O=C(O)C1CC(O)CN1CCCOc1ccc(F)cc1. The maximum absolute atomic E-state index is 12.7. The van der Waals surface area contributed by atoms with Crippen LogP contribution in [0.25, 0.3) is 0 Å². The number of carboxylic acids is 1. The van der Waals surface area contributed by atoms with Crippen molar-refractivity contribution < 1.29 is 24.1 Å². The number of aliphatic carboxylic acids is 1. The standard InChI is InChI=1S/C14H18FNO4/c15-10-2-4-12(5-3-10)20-7-1-6-16-9-11(17)8-13(16)14(18)19/h2-5,11,13,17H,1,6-9H2,(H,18,19). The highest BCUT2D eigenvalue weighted by molar-refractivity contribution is 5.74. The third-order valence-electron chi connectivity index (χ3n) is 3.34. The van der Waals surface area contributed by atoms with Crippen LogP contribution in [0.3, 0.4) is 0 Å². The second kappa shape index (κ2) is 6.67. The highest BCUT2D eigenvalue weighted by Gasteiger charge is 2.35. The number of ether oxygens (including phenoxy) is 1. The average Bonchev–Trinajstić information content (AvgIpc) is 2.78. The fourth-order valence-electron chi connectivity index (χ4n) is 2.37. The van der Waals surface area contributed by atoms with Crippen molar-refractivity contribution in [2.45, 2.75) is 25.0 Å². The number of carbonyl (C=O) groups is 1. The molecule has 1 saturated heterocycles. The zero-order valence-electron chi connectivity index (χ0n) is 11.0. The fourth-order valence-corrected chi connectivity index (χ4v) is 2.37. The molecule has 0 bridgehead atoms. The van der Waals surface area contributed by atoms with Gasteiger partial charge in [-0.2, -0.15) is 0 Å². The monoisotopic (exact) mass is 283 g/mol. The van der Waals surface area contributed by atoms with Crippen LogP contribution >= 0.6 is 0 Å². The summed E-state index contributed by atoms with van der Waals surface area (Å²) in [6, 6.07) is 5.14. The maximum atomic E-state index is 12.7. The Kier molecular flexibility index (Phi) is 4.92. The van der Waals surface area contributed by atoms with E-state index in [4.69, 9.17) is 9.84 Å². The molecule has 0 aromatic heterocycles. The van der Waals surface area contributed by atoms with Gasteiger partial charge in [0.25, 0.3) is 0 Å². The first-order chi connectivity index (χ1) is 9.56. The van der Waals surface area contributed by atoms with Crippen LogP contribution in [-0.2, 0) is 4.79 Å². The second-order valence-corrected chi connectivity index (χ2v) is 4.89. The molecule has 5 nitrogen and oxygen atoms in total. The van der Waals surface area contributed by atoms with E-state index in [-0.39, 0.29) is 12.2 Å². The van der Waals surface area contributed by atoms with Crippen molar-refractivity contribution in [3.8, 4) is 5.75 Å². The minimum absolute atomic E-state index is 0.272. The molecule has 1 fully saturated rings. The van der Waals surface area contributed by atoms with E-state index in [1.165, 1.54) is 12.1 Å². The molecule has 0 amide bonds. The summed E-state index contributed by atoms with van der Waals surface area (Å²) < 4.78 is 18.1. The highest BCUT2D eigenvalue weighted by atomic mass is 19.1. The molecule has 110 valence electrons. The molecule has 2 rings (SSSR count). The number of nitrogens with zero attached hydrogens (tertiary/aromatic N) is 1. The van der Waals surface area contributed by atoms with Crippen LogP contribution in [-0.4, -0.2) is 52.9 Å². The molecular formula is C14H18FNO4. The summed E-state index contributed by atoms with van der Waals surface area (Å²) >= 11 is 0. The number of benzene rings is 1. The number of aliphatic hydroxyl groups is 1. The minimum Gasteiger partial charge on any atom is -0.494 e. The van der Waals surface area contributed by atoms with E-state index in [0.717, 1.165) is 0 Å². The van der Waals surface area contributed by atoms with Gasteiger partial charge in [-0.3, -0.25) is 9.69 Å². The Morgan fingerprint density at radius 2 is 2.10 bits per heavy atom. The summed E-state index contributed by atoms with van der Waals surface area (Å²) in [4.78, 5) is 12.8. The van der Waals surface area contributed by atoms with E-state index in [1.807, 2.05) is 0 Å². The van der Waals surface area contributed by atoms with Crippen LogP contribution in [0.1, 0.15) is 12.8 Å². The van der Waals surface area contributed by atoms with Gasteiger partial charge >= 0.3 is 5.97 Å². The molecule has 0 spiro atoms. The van der Waals surface area contributed by atoms with Gasteiger partial charge in [-0.25, -0.2) is 4.39 Å². The molecule has 1 aliphatic rings. The number of likely N-dealkylation sites (tertiary alicyclic amines) is 1. The predicted octanol–water partition coefficient (Wildman–Crippen LogP) is 1.11. The molecule has 2 unspecified atom stereocenters. The van der Waals surface area contributed by atoms with Gasteiger partial charge in [0, 0.05) is 19.5 Å². The Morgan fingerprint density at radius 1 is 1.40 bits per heavy atom. The molecule has 0 saturated carbocycles. The van der Waals surface area contributed by atoms with E-state index in [1.54, 1.807) is 17.0 Å². The Morgan fingerprint density at radius 3 is 2.75 bits per heavy atom. The van der Waals surface area contributed by atoms with Crippen molar-refractivity contribution in [1.82, 2.24) is 4.90 Å². The number of halogens is 1. The molecule has 0 radical (unpaired) electrons. The number of hydrogen-bond donors (Lipinski definition) is 2.